The quantitative estimate of drug-likeness (QED) is 0.708. The number of hydrogen-bond acceptors (Lipinski definition) is 5. The van der Waals surface area contributed by atoms with E-state index in [1.165, 1.54) is 4.31 Å². The SMILES string of the molecule is O=S(=O)(c1ccc(CN2CCCC(COc3ccccc3)C2)o1)N1CCCC1. The molecule has 6 nitrogen and oxygen atoms in total. The van der Waals surface area contributed by atoms with Crippen molar-refractivity contribution in [2.24, 2.45) is 5.92 Å². The van der Waals surface area contributed by atoms with Crippen LogP contribution in [0.5, 0.6) is 5.75 Å². The van der Waals surface area contributed by atoms with Crippen LogP contribution in [-0.2, 0) is 16.6 Å². The Morgan fingerprint density at radius 1 is 1.00 bits per heavy atom. The van der Waals surface area contributed by atoms with Crippen LogP contribution < -0.4 is 4.74 Å². The third-order valence-electron chi connectivity index (χ3n) is 5.51. The van der Waals surface area contributed by atoms with Gasteiger partial charge in [-0.05, 0) is 56.5 Å². The van der Waals surface area contributed by atoms with E-state index in [4.69, 9.17) is 9.15 Å². The van der Waals surface area contributed by atoms with Crippen molar-refractivity contribution in [3.05, 3.63) is 48.2 Å². The average Bonchev–Trinajstić information content (AvgIpc) is 3.40. The zero-order chi connectivity index (χ0) is 19.4. The Hall–Kier alpha value is -1.83. The summed E-state index contributed by atoms with van der Waals surface area (Å²) in [5, 5.41) is 0.0744. The fraction of sp³-hybridized carbons (Fsp3) is 0.524. The number of furan rings is 1. The lowest BCUT2D eigenvalue weighted by Gasteiger charge is -2.32. The van der Waals surface area contributed by atoms with Gasteiger partial charge >= 0.3 is 0 Å². The second-order valence-corrected chi connectivity index (χ2v) is 9.57. The van der Waals surface area contributed by atoms with Crippen molar-refractivity contribution in [1.82, 2.24) is 9.21 Å². The summed E-state index contributed by atoms with van der Waals surface area (Å²) in [7, 11) is -3.48. The molecule has 0 saturated carbocycles. The third kappa shape index (κ3) is 4.59. The van der Waals surface area contributed by atoms with Gasteiger partial charge in [0.1, 0.15) is 11.5 Å². The summed E-state index contributed by atoms with van der Waals surface area (Å²) in [5.74, 6) is 2.08. The van der Waals surface area contributed by atoms with Crippen molar-refractivity contribution in [2.45, 2.75) is 37.3 Å². The maximum absolute atomic E-state index is 12.6. The smallest absolute Gasteiger partial charge is 0.276 e. The number of hydrogen-bond donors (Lipinski definition) is 0. The second kappa shape index (κ2) is 8.68. The van der Waals surface area contributed by atoms with E-state index in [1.54, 1.807) is 12.1 Å². The number of rotatable bonds is 7. The predicted octanol–water partition coefficient (Wildman–Crippen LogP) is 3.36. The van der Waals surface area contributed by atoms with E-state index < -0.39 is 10.0 Å². The van der Waals surface area contributed by atoms with Gasteiger partial charge in [0.2, 0.25) is 5.09 Å². The molecule has 1 aromatic heterocycles. The molecule has 0 spiro atoms. The minimum absolute atomic E-state index is 0.0744. The maximum Gasteiger partial charge on any atom is 0.276 e. The molecule has 1 unspecified atom stereocenters. The molecule has 2 saturated heterocycles. The van der Waals surface area contributed by atoms with E-state index in [1.807, 2.05) is 30.3 Å². The Labute approximate surface area is 167 Å². The molecule has 0 aliphatic carbocycles. The Kier molecular flexibility index (Phi) is 6.04. The van der Waals surface area contributed by atoms with Gasteiger partial charge in [-0.2, -0.15) is 4.31 Å². The summed E-state index contributed by atoms with van der Waals surface area (Å²) in [6.07, 6.45) is 4.11. The average molecular weight is 405 g/mol. The zero-order valence-electron chi connectivity index (χ0n) is 16.1. The summed E-state index contributed by atoms with van der Waals surface area (Å²) in [4.78, 5) is 2.33. The first-order valence-corrected chi connectivity index (χ1v) is 11.5. The number of para-hydroxylation sites is 1. The molecule has 0 amide bonds. The third-order valence-corrected chi connectivity index (χ3v) is 7.28. The molecule has 1 atom stereocenters. The highest BCUT2D eigenvalue weighted by molar-refractivity contribution is 7.89. The summed E-state index contributed by atoms with van der Waals surface area (Å²) < 4.78 is 38.4. The van der Waals surface area contributed by atoms with E-state index in [-0.39, 0.29) is 5.09 Å². The van der Waals surface area contributed by atoms with Crippen LogP contribution in [0.4, 0.5) is 0 Å². The topological polar surface area (TPSA) is 63.0 Å². The van der Waals surface area contributed by atoms with Crippen LogP contribution in [0.3, 0.4) is 0 Å². The monoisotopic (exact) mass is 404 g/mol. The first kappa shape index (κ1) is 19.5. The molecule has 4 rings (SSSR count). The Morgan fingerprint density at radius 3 is 2.57 bits per heavy atom. The van der Waals surface area contributed by atoms with Gasteiger partial charge in [-0.15, -0.1) is 0 Å². The van der Waals surface area contributed by atoms with Crippen molar-refractivity contribution >= 4 is 10.0 Å². The van der Waals surface area contributed by atoms with Gasteiger partial charge in [0.05, 0.1) is 13.2 Å². The largest absolute Gasteiger partial charge is 0.493 e. The normalized spacial score (nSPS) is 21.8. The Balaban J connectivity index is 1.32. The summed E-state index contributed by atoms with van der Waals surface area (Å²) >= 11 is 0. The lowest BCUT2D eigenvalue weighted by atomic mass is 9.99. The lowest BCUT2D eigenvalue weighted by Crippen LogP contribution is -2.37. The standard InChI is InChI=1S/C21H28N2O4S/c24-28(25,23-13-4-5-14-23)21-11-10-20(27-21)16-22-12-6-7-18(15-22)17-26-19-8-2-1-3-9-19/h1-3,8-11,18H,4-7,12-17H2. The molecule has 0 N–H and O–H groups in total. The number of piperidine rings is 1. The molecule has 2 aliphatic rings. The van der Waals surface area contributed by atoms with Crippen molar-refractivity contribution in [1.29, 1.82) is 0 Å². The molecule has 28 heavy (non-hydrogen) atoms. The van der Waals surface area contributed by atoms with E-state index in [0.29, 0.717) is 37.9 Å². The van der Waals surface area contributed by atoms with E-state index in [9.17, 15) is 8.42 Å². The number of ether oxygens (including phenoxy) is 1. The number of sulfonamides is 1. The predicted molar refractivity (Wildman–Crippen MR) is 107 cm³/mol. The van der Waals surface area contributed by atoms with Crippen molar-refractivity contribution < 1.29 is 17.6 Å². The lowest BCUT2D eigenvalue weighted by molar-refractivity contribution is 0.117. The second-order valence-electron chi connectivity index (χ2n) is 7.70. The van der Waals surface area contributed by atoms with Gasteiger partial charge in [-0.25, -0.2) is 8.42 Å². The Morgan fingerprint density at radius 2 is 1.79 bits per heavy atom. The van der Waals surface area contributed by atoms with Crippen LogP contribution in [0.1, 0.15) is 31.4 Å². The Bertz CT molecular complexity index is 860. The molecule has 2 aliphatic heterocycles. The molecular weight excluding hydrogens is 376 g/mol. The van der Waals surface area contributed by atoms with Gasteiger partial charge in [0.15, 0.2) is 0 Å². The zero-order valence-corrected chi connectivity index (χ0v) is 16.9. The van der Waals surface area contributed by atoms with Crippen molar-refractivity contribution in [3.8, 4) is 5.75 Å². The number of benzene rings is 1. The van der Waals surface area contributed by atoms with Crippen molar-refractivity contribution in [3.63, 3.8) is 0 Å². The van der Waals surface area contributed by atoms with Gasteiger partial charge < -0.3 is 9.15 Å². The van der Waals surface area contributed by atoms with E-state index in [2.05, 4.69) is 4.90 Å². The fourth-order valence-electron chi connectivity index (χ4n) is 4.02. The molecule has 1 aromatic carbocycles. The van der Waals surface area contributed by atoms with Gasteiger partial charge in [0, 0.05) is 25.6 Å². The van der Waals surface area contributed by atoms with E-state index >= 15 is 0 Å². The van der Waals surface area contributed by atoms with Gasteiger partial charge in [-0.1, -0.05) is 18.2 Å². The van der Waals surface area contributed by atoms with Crippen LogP contribution >= 0.6 is 0 Å². The first-order valence-electron chi connectivity index (χ1n) is 10.1. The highest BCUT2D eigenvalue weighted by atomic mass is 32.2. The van der Waals surface area contributed by atoms with Crippen LogP contribution in [0.2, 0.25) is 0 Å². The van der Waals surface area contributed by atoms with Crippen molar-refractivity contribution in [2.75, 3.05) is 32.8 Å². The summed E-state index contributed by atoms with van der Waals surface area (Å²) in [6.45, 7) is 4.45. The molecule has 7 heteroatoms. The van der Waals surface area contributed by atoms with Crippen LogP contribution in [0, 0.1) is 5.92 Å². The highest BCUT2D eigenvalue weighted by Crippen LogP contribution is 2.25. The van der Waals surface area contributed by atoms with E-state index in [0.717, 1.165) is 44.5 Å². The maximum atomic E-state index is 12.6. The first-order chi connectivity index (χ1) is 13.6. The van der Waals surface area contributed by atoms with Crippen LogP contribution in [0.15, 0.2) is 52.0 Å². The van der Waals surface area contributed by atoms with Gasteiger partial charge in [-0.3, -0.25) is 4.90 Å². The number of likely N-dealkylation sites (tertiary alicyclic amines) is 1. The fourth-order valence-corrected chi connectivity index (χ4v) is 5.47. The molecular formula is C21H28N2O4S. The minimum atomic E-state index is -3.48. The molecule has 0 bridgehead atoms. The molecule has 152 valence electrons. The summed E-state index contributed by atoms with van der Waals surface area (Å²) in [6, 6.07) is 13.3. The molecule has 2 aromatic rings. The summed E-state index contributed by atoms with van der Waals surface area (Å²) in [5.41, 5.74) is 0. The molecule has 0 radical (unpaired) electrons. The van der Waals surface area contributed by atoms with Crippen LogP contribution in [-0.4, -0.2) is 50.4 Å². The minimum Gasteiger partial charge on any atom is -0.493 e. The van der Waals surface area contributed by atoms with Crippen LogP contribution in [0.25, 0.3) is 0 Å². The van der Waals surface area contributed by atoms with Gasteiger partial charge in [0.25, 0.3) is 10.0 Å². The molecule has 3 heterocycles. The molecule has 2 fully saturated rings. The highest BCUT2D eigenvalue weighted by Gasteiger charge is 2.30. The number of nitrogens with zero attached hydrogens (tertiary/aromatic N) is 2.